The van der Waals surface area contributed by atoms with Crippen LogP contribution in [0.15, 0.2) is 30.3 Å². The summed E-state index contributed by atoms with van der Waals surface area (Å²) in [4.78, 5) is 6.89. The molecule has 1 aliphatic heterocycles. The molecule has 1 aromatic heterocycles. The van der Waals surface area contributed by atoms with Crippen molar-refractivity contribution in [2.75, 3.05) is 33.4 Å². The lowest BCUT2D eigenvalue weighted by Crippen LogP contribution is -2.35. The molecule has 1 fully saturated rings. The van der Waals surface area contributed by atoms with Crippen LogP contribution >= 0.6 is 0 Å². The van der Waals surface area contributed by atoms with Gasteiger partial charge in [0.2, 0.25) is 5.88 Å². The number of hydrogen-bond acceptors (Lipinski definition) is 4. The van der Waals surface area contributed by atoms with E-state index in [4.69, 9.17) is 9.47 Å². The topological polar surface area (TPSA) is 34.6 Å². The zero-order valence-electron chi connectivity index (χ0n) is 11.1. The van der Waals surface area contributed by atoms with Crippen molar-refractivity contribution in [1.29, 1.82) is 0 Å². The molecule has 100 valence electrons. The first-order chi connectivity index (χ1) is 9.36. The Balaban J connectivity index is 1.95. The van der Waals surface area contributed by atoms with Gasteiger partial charge >= 0.3 is 0 Å². The van der Waals surface area contributed by atoms with Gasteiger partial charge in [-0.3, -0.25) is 4.90 Å². The number of rotatable bonds is 3. The molecule has 0 spiro atoms. The normalized spacial score (nSPS) is 16.7. The number of ether oxygens (including phenoxy) is 2. The van der Waals surface area contributed by atoms with Crippen molar-refractivity contribution < 1.29 is 9.47 Å². The van der Waals surface area contributed by atoms with E-state index in [-0.39, 0.29) is 0 Å². The molecule has 0 saturated carbocycles. The maximum Gasteiger partial charge on any atom is 0.213 e. The number of fused-ring (bicyclic) bond motifs is 1. The van der Waals surface area contributed by atoms with E-state index in [1.807, 2.05) is 18.2 Å². The Morgan fingerprint density at radius 1 is 1.26 bits per heavy atom. The van der Waals surface area contributed by atoms with Crippen LogP contribution < -0.4 is 4.74 Å². The third-order valence-electron chi connectivity index (χ3n) is 3.49. The summed E-state index contributed by atoms with van der Waals surface area (Å²) < 4.78 is 10.7. The number of para-hydroxylation sites is 1. The fourth-order valence-corrected chi connectivity index (χ4v) is 2.46. The quantitative estimate of drug-likeness (QED) is 0.844. The lowest BCUT2D eigenvalue weighted by molar-refractivity contribution is 0.0343. The predicted octanol–water partition coefficient (Wildman–Crippen LogP) is 2.08. The average molecular weight is 258 g/mol. The lowest BCUT2D eigenvalue weighted by atomic mass is 10.1. The van der Waals surface area contributed by atoms with E-state index in [9.17, 15) is 0 Å². The second kappa shape index (κ2) is 5.55. The van der Waals surface area contributed by atoms with Gasteiger partial charge in [-0.05, 0) is 11.6 Å². The smallest absolute Gasteiger partial charge is 0.213 e. The largest absolute Gasteiger partial charge is 0.481 e. The van der Waals surface area contributed by atoms with E-state index in [1.54, 1.807) is 7.11 Å². The van der Waals surface area contributed by atoms with Crippen LogP contribution in [0.4, 0.5) is 0 Å². The molecule has 0 aliphatic carbocycles. The molecule has 0 amide bonds. The summed E-state index contributed by atoms with van der Waals surface area (Å²) >= 11 is 0. The molecule has 19 heavy (non-hydrogen) atoms. The van der Waals surface area contributed by atoms with E-state index in [0.717, 1.165) is 38.4 Å². The summed E-state index contributed by atoms with van der Waals surface area (Å²) in [5.41, 5.74) is 2.26. The first-order valence-corrected chi connectivity index (χ1v) is 6.59. The van der Waals surface area contributed by atoms with Crippen molar-refractivity contribution in [3.05, 3.63) is 35.9 Å². The van der Waals surface area contributed by atoms with Crippen LogP contribution in [-0.4, -0.2) is 43.3 Å². The molecular weight excluding hydrogens is 240 g/mol. The van der Waals surface area contributed by atoms with Crippen molar-refractivity contribution in [1.82, 2.24) is 9.88 Å². The fraction of sp³-hybridized carbons (Fsp3) is 0.400. The second-order valence-electron chi connectivity index (χ2n) is 4.73. The minimum absolute atomic E-state index is 0.682. The molecule has 1 aliphatic rings. The van der Waals surface area contributed by atoms with E-state index in [2.05, 4.69) is 22.0 Å². The monoisotopic (exact) mass is 258 g/mol. The molecule has 0 radical (unpaired) electrons. The van der Waals surface area contributed by atoms with Gasteiger partial charge in [0, 0.05) is 31.1 Å². The molecule has 1 aromatic carbocycles. The Labute approximate surface area is 113 Å². The van der Waals surface area contributed by atoms with Crippen LogP contribution in [0, 0.1) is 0 Å². The Hall–Kier alpha value is -1.65. The van der Waals surface area contributed by atoms with Crippen molar-refractivity contribution >= 4 is 10.9 Å². The van der Waals surface area contributed by atoms with Crippen LogP contribution in [0.3, 0.4) is 0 Å². The van der Waals surface area contributed by atoms with Gasteiger partial charge < -0.3 is 9.47 Å². The minimum atomic E-state index is 0.682. The van der Waals surface area contributed by atoms with Gasteiger partial charge in [0.15, 0.2) is 0 Å². The number of benzene rings is 1. The highest BCUT2D eigenvalue weighted by molar-refractivity contribution is 5.82. The van der Waals surface area contributed by atoms with Gasteiger partial charge in [0.25, 0.3) is 0 Å². The summed E-state index contributed by atoms with van der Waals surface area (Å²) in [6.07, 6.45) is 0. The number of morpholine rings is 1. The molecule has 1 saturated heterocycles. The van der Waals surface area contributed by atoms with Gasteiger partial charge in [-0.15, -0.1) is 0 Å². The molecule has 0 N–H and O–H groups in total. The molecule has 4 nitrogen and oxygen atoms in total. The molecule has 2 heterocycles. The Bertz CT molecular complexity index is 565. The van der Waals surface area contributed by atoms with Gasteiger partial charge in [0.05, 0.1) is 25.8 Å². The van der Waals surface area contributed by atoms with Gasteiger partial charge in [-0.25, -0.2) is 4.98 Å². The highest BCUT2D eigenvalue weighted by Crippen LogP contribution is 2.23. The van der Waals surface area contributed by atoms with E-state index >= 15 is 0 Å². The number of methoxy groups -OCH3 is 1. The molecule has 4 heteroatoms. The highest BCUT2D eigenvalue weighted by Gasteiger charge is 2.13. The maximum absolute atomic E-state index is 5.39. The highest BCUT2D eigenvalue weighted by atomic mass is 16.5. The molecule has 0 bridgehead atoms. The van der Waals surface area contributed by atoms with Crippen LogP contribution in [0.1, 0.15) is 5.56 Å². The zero-order valence-corrected chi connectivity index (χ0v) is 11.1. The van der Waals surface area contributed by atoms with Gasteiger partial charge in [-0.2, -0.15) is 0 Å². The number of aromatic nitrogens is 1. The fourth-order valence-electron chi connectivity index (χ4n) is 2.46. The van der Waals surface area contributed by atoms with Crippen molar-refractivity contribution in [3.8, 4) is 5.88 Å². The summed E-state index contributed by atoms with van der Waals surface area (Å²) in [6.45, 7) is 4.53. The Kier molecular flexibility index (Phi) is 3.62. The summed E-state index contributed by atoms with van der Waals surface area (Å²) in [6, 6.07) is 10.3. The van der Waals surface area contributed by atoms with Crippen LogP contribution in [0.5, 0.6) is 5.88 Å². The number of nitrogens with zero attached hydrogens (tertiary/aromatic N) is 2. The Morgan fingerprint density at radius 3 is 2.84 bits per heavy atom. The first-order valence-electron chi connectivity index (χ1n) is 6.59. The lowest BCUT2D eigenvalue weighted by Gasteiger charge is -2.27. The van der Waals surface area contributed by atoms with Crippen molar-refractivity contribution in [2.24, 2.45) is 0 Å². The van der Waals surface area contributed by atoms with Crippen molar-refractivity contribution in [3.63, 3.8) is 0 Å². The number of hydrogen-bond donors (Lipinski definition) is 0. The van der Waals surface area contributed by atoms with E-state index < -0.39 is 0 Å². The summed E-state index contributed by atoms with van der Waals surface area (Å²) in [7, 11) is 1.66. The third-order valence-corrected chi connectivity index (χ3v) is 3.49. The Morgan fingerprint density at radius 2 is 2.05 bits per heavy atom. The second-order valence-corrected chi connectivity index (χ2v) is 4.73. The summed E-state index contributed by atoms with van der Waals surface area (Å²) in [5.74, 6) is 0.682. The van der Waals surface area contributed by atoms with Gasteiger partial charge in [0.1, 0.15) is 0 Å². The van der Waals surface area contributed by atoms with Crippen LogP contribution in [-0.2, 0) is 11.3 Å². The SMILES string of the molecule is COc1cc(CN2CCOCC2)c2ccccc2n1. The molecule has 3 rings (SSSR count). The van der Waals surface area contributed by atoms with Crippen LogP contribution in [0.2, 0.25) is 0 Å². The zero-order chi connectivity index (χ0) is 13.1. The predicted molar refractivity (Wildman–Crippen MR) is 74.4 cm³/mol. The molecule has 0 unspecified atom stereocenters. The van der Waals surface area contributed by atoms with Crippen LogP contribution in [0.25, 0.3) is 10.9 Å². The maximum atomic E-state index is 5.39. The molecule has 2 aromatic rings. The average Bonchev–Trinajstić information content (AvgIpc) is 2.48. The first kappa shape index (κ1) is 12.4. The standard InChI is InChI=1S/C15H18N2O2/c1-18-15-10-12(11-17-6-8-19-9-7-17)13-4-2-3-5-14(13)16-15/h2-5,10H,6-9,11H2,1H3. The van der Waals surface area contributed by atoms with E-state index in [0.29, 0.717) is 5.88 Å². The minimum Gasteiger partial charge on any atom is -0.481 e. The molecule has 0 atom stereocenters. The van der Waals surface area contributed by atoms with Gasteiger partial charge in [-0.1, -0.05) is 18.2 Å². The summed E-state index contributed by atoms with van der Waals surface area (Å²) in [5, 5.41) is 1.20. The molecular formula is C15H18N2O2. The van der Waals surface area contributed by atoms with E-state index in [1.165, 1.54) is 10.9 Å². The number of pyridine rings is 1. The van der Waals surface area contributed by atoms with Crippen molar-refractivity contribution in [2.45, 2.75) is 6.54 Å². The third kappa shape index (κ3) is 2.69.